The minimum absolute atomic E-state index is 0.210. The number of amides is 1. The normalized spacial score (nSPS) is 16.7. The van der Waals surface area contributed by atoms with E-state index in [-0.39, 0.29) is 5.91 Å². The zero-order valence-electron chi connectivity index (χ0n) is 12.9. The number of oxime groups is 1. The van der Waals surface area contributed by atoms with Gasteiger partial charge in [0.2, 0.25) is 6.10 Å². The van der Waals surface area contributed by atoms with E-state index in [4.69, 9.17) is 19.0 Å². The monoisotopic (exact) mass is 308 g/mol. The number of carbonyl (C=O) groups is 1. The van der Waals surface area contributed by atoms with Crippen molar-refractivity contribution in [3.05, 3.63) is 23.8 Å². The van der Waals surface area contributed by atoms with Crippen LogP contribution in [0.4, 0.5) is 0 Å². The molecule has 1 heterocycles. The van der Waals surface area contributed by atoms with E-state index in [1.807, 2.05) is 6.07 Å². The quantitative estimate of drug-likeness (QED) is 0.759. The molecule has 1 amide bonds. The van der Waals surface area contributed by atoms with Gasteiger partial charge < -0.3 is 24.4 Å². The van der Waals surface area contributed by atoms with Crippen molar-refractivity contribution in [2.75, 3.05) is 34.5 Å². The first-order valence-electron chi connectivity index (χ1n) is 6.91. The fourth-order valence-corrected chi connectivity index (χ4v) is 2.11. The van der Waals surface area contributed by atoms with Gasteiger partial charge in [-0.3, -0.25) is 4.79 Å². The first-order valence-corrected chi connectivity index (χ1v) is 6.91. The highest BCUT2D eigenvalue weighted by molar-refractivity contribution is 6.06. The van der Waals surface area contributed by atoms with Crippen LogP contribution >= 0.6 is 0 Å². The van der Waals surface area contributed by atoms with Crippen molar-refractivity contribution in [1.29, 1.82) is 0 Å². The lowest BCUT2D eigenvalue weighted by molar-refractivity contribution is -0.131. The third-order valence-electron chi connectivity index (χ3n) is 3.28. The highest BCUT2D eigenvalue weighted by atomic mass is 16.6. The number of methoxy groups -OCH3 is 3. The molecule has 1 N–H and O–H groups in total. The van der Waals surface area contributed by atoms with Gasteiger partial charge in [0.25, 0.3) is 5.91 Å². The summed E-state index contributed by atoms with van der Waals surface area (Å²) in [6, 6.07) is 5.41. The standard InChI is InChI=1S/C15H20N2O5/c1-19-7-6-16-15(18)14-9-12(17-22-14)11-8-10(20-2)4-5-13(11)21-3/h4-5,8,14H,6-7,9H2,1-3H3,(H,16,18)/t14-/m0/s1. The molecule has 1 aliphatic heterocycles. The van der Waals surface area contributed by atoms with E-state index in [9.17, 15) is 4.79 Å². The molecule has 120 valence electrons. The maximum absolute atomic E-state index is 12.0. The minimum Gasteiger partial charge on any atom is -0.497 e. The number of rotatable bonds is 7. The number of ether oxygens (including phenoxy) is 3. The van der Waals surface area contributed by atoms with Crippen LogP contribution in [0, 0.1) is 0 Å². The van der Waals surface area contributed by atoms with E-state index in [0.29, 0.717) is 36.8 Å². The Morgan fingerprint density at radius 2 is 2.18 bits per heavy atom. The van der Waals surface area contributed by atoms with E-state index >= 15 is 0 Å². The van der Waals surface area contributed by atoms with Gasteiger partial charge in [0.1, 0.15) is 11.5 Å². The van der Waals surface area contributed by atoms with Gasteiger partial charge >= 0.3 is 0 Å². The summed E-state index contributed by atoms with van der Waals surface area (Å²) in [5.41, 5.74) is 1.41. The van der Waals surface area contributed by atoms with E-state index in [0.717, 1.165) is 5.56 Å². The van der Waals surface area contributed by atoms with Gasteiger partial charge in [-0.15, -0.1) is 0 Å². The maximum Gasteiger partial charge on any atom is 0.264 e. The number of carbonyl (C=O) groups excluding carboxylic acids is 1. The van der Waals surface area contributed by atoms with Crippen molar-refractivity contribution >= 4 is 11.6 Å². The summed E-state index contributed by atoms with van der Waals surface area (Å²) in [6.45, 7) is 0.892. The van der Waals surface area contributed by atoms with Gasteiger partial charge in [-0.2, -0.15) is 0 Å². The molecule has 1 aromatic carbocycles. The Hall–Kier alpha value is -2.28. The Kier molecular flexibility index (Phi) is 5.60. The number of hydrogen-bond acceptors (Lipinski definition) is 6. The van der Waals surface area contributed by atoms with E-state index in [1.54, 1.807) is 33.5 Å². The predicted molar refractivity (Wildman–Crippen MR) is 80.5 cm³/mol. The van der Waals surface area contributed by atoms with Crippen LogP contribution in [0.25, 0.3) is 0 Å². The van der Waals surface area contributed by atoms with E-state index in [1.165, 1.54) is 0 Å². The van der Waals surface area contributed by atoms with Crippen molar-refractivity contribution in [2.24, 2.45) is 5.16 Å². The second kappa shape index (κ2) is 7.65. The van der Waals surface area contributed by atoms with Gasteiger partial charge in [0, 0.05) is 25.6 Å². The van der Waals surface area contributed by atoms with Crippen molar-refractivity contribution in [1.82, 2.24) is 5.32 Å². The van der Waals surface area contributed by atoms with Gasteiger partial charge in [0.15, 0.2) is 0 Å². The first-order chi connectivity index (χ1) is 10.7. The summed E-state index contributed by atoms with van der Waals surface area (Å²) in [5.74, 6) is 1.13. The molecule has 0 aromatic heterocycles. The molecule has 7 heteroatoms. The van der Waals surface area contributed by atoms with E-state index in [2.05, 4.69) is 10.5 Å². The molecule has 0 saturated heterocycles. The Morgan fingerprint density at radius 1 is 1.36 bits per heavy atom. The van der Waals surface area contributed by atoms with Crippen molar-refractivity contribution in [3.8, 4) is 11.5 Å². The SMILES string of the molecule is COCCNC(=O)[C@@H]1CC(c2cc(OC)ccc2OC)=NO1. The average Bonchev–Trinajstić information content (AvgIpc) is 3.04. The first kappa shape index (κ1) is 16.1. The van der Waals surface area contributed by atoms with Crippen LogP contribution in [0.15, 0.2) is 23.4 Å². The fraction of sp³-hybridized carbons (Fsp3) is 0.467. The molecule has 1 aromatic rings. The Labute approximate surface area is 129 Å². The zero-order valence-corrected chi connectivity index (χ0v) is 12.9. The maximum atomic E-state index is 12.0. The average molecular weight is 308 g/mol. The number of nitrogens with one attached hydrogen (secondary N) is 1. The molecule has 0 aliphatic carbocycles. The fourth-order valence-electron chi connectivity index (χ4n) is 2.11. The van der Waals surface area contributed by atoms with Gasteiger partial charge in [-0.05, 0) is 18.2 Å². The molecular formula is C15H20N2O5. The lowest BCUT2D eigenvalue weighted by Gasteiger charge is -2.10. The van der Waals surface area contributed by atoms with Crippen molar-refractivity contribution in [3.63, 3.8) is 0 Å². The lowest BCUT2D eigenvalue weighted by Crippen LogP contribution is -2.36. The number of hydrogen-bond donors (Lipinski definition) is 1. The minimum atomic E-state index is -0.636. The molecule has 2 rings (SSSR count). The van der Waals surface area contributed by atoms with Crippen LogP contribution in [0.3, 0.4) is 0 Å². The molecular weight excluding hydrogens is 288 g/mol. The van der Waals surface area contributed by atoms with Gasteiger partial charge in [0.05, 0.1) is 26.5 Å². The molecule has 0 spiro atoms. The van der Waals surface area contributed by atoms with Crippen LogP contribution in [-0.2, 0) is 14.4 Å². The van der Waals surface area contributed by atoms with Crippen LogP contribution in [0.2, 0.25) is 0 Å². The predicted octanol–water partition coefficient (Wildman–Crippen LogP) is 0.959. The van der Waals surface area contributed by atoms with Crippen molar-refractivity contribution < 1.29 is 23.8 Å². The van der Waals surface area contributed by atoms with Gasteiger partial charge in [-0.25, -0.2) is 0 Å². The second-order valence-electron chi connectivity index (χ2n) is 4.69. The Bertz CT molecular complexity index is 559. The summed E-state index contributed by atoms with van der Waals surface area (Å²) in [6.07, 6.45) is -0.259. The number of nitrogens with zero attached hydrogens (tertiary/aromatic N) is 1. The third-order valence-corrected chi connectivity index (χ3v) is 3.28. The van der Waals surface area contributed by atoms with Crippen LogP contribution in [-0.4, -0.2) is 52.2 Å². The molecule has 7 nitrogen and oxygen atoms in total. The van der Waals surface area contributed by atoms with Gasteiger partial charge in [-0.1, -0.05) is 5.16 Å². The third kappa shape index (κ3) is 3.67. The summed E-state index contributed by atoms with van der Waals surface area (Å²) < 4.78 is 15.4. The molecule has 0 unspecified atom stereocenters. The van der Waals surface area contributed by atoms with Crippen molar-refractivity contribution in [2.45, 2.75) is 12.5 Å². The summed E-state index contributed by atoms with van der Waals surface area (Å²) in [5, 5.41) is 6.74. The lowest BCUT2D eigenvalue weighted by atomic mass is 10.0. The number of benzene rings is 1. The highest BCUT2D eigenvalue weighted by Crippen LogP contribution is 2.28. The largest absolute Gasteiger partial charge is 0.497 e. The second-order valence-corrected chi connectivity index (χ2v) is 4.69. The van der Waals surface area contributed by atoms with Crippen LogP contribution in [0.5, 0.6) is 11.5 Å². The molecule has 0 bridgehead atoms. The smallest absolute Gasteiger partial charge is 0.264 e. The molecule has 1 atom stereocenters. The topological polar surface area (TPSA) is 78.4 Å². The summed E-state index contributed by atoms with van der Waals surface area (Å²) in [4.78, 5) is 17.2. The molecule has 22 heavy (non-hydrogen) atoms. The zero-order chi connectivity index (χ0) is 15.9. The molecule has 1 aliphatic rings. The summed E-state index contributed by atoms with van der Waals surface area (Å²) in [7, 11) is 4.75. The Balaban J connectivity index is 2.05. The molecule has 0 radical (unpaired) electrons. The van der Waals surface area contributed by atoms with E-state index < -0.39 is 6.10 Å². The summed E-state index contributed by atoms with van der Waals surface area (Å²) >= 11 is 0. The Morgan fingerprint density at radius 3 is 2.86 bits per heavy atom. The molecule has 0 fully saturated rings. The van der Waals surface area contributed by atoms with Crippen LogP contribution < -0.4 is 14.8 Å². The highest BCUT2D eigenvalue weighted by Gasteiger charge is 2.30. The van der Waals surface area contributed by atoms with Crippen LogP contribution in [0.1, 0.15) is 12.0 Å². The molecule has 0 saturated carbocycles.